The molecule has 1 aliphatic heterocycles. The SMILES string of the molecule is CCc1nc(CN2C(=O)COc3cc(S(=O)(=O)NCCC(C)C)c(C)cc32)no1. The molecule has 1 N–H and O–H groups in total. The number of nitrogens with one attached hydrogen (secondary N) is 1. The lowest BCUT2D eigenvalue weighted by Gasteiger charge is -2.29. The lowest BCUT2D eigenvalue weighted by atomic mass is 10.1. The molecule has 10 heteroatoms. The van der Waals surface area contributed by atoms with E-state index in [0.29, 0.717) is 47.6 Å². The highest BCUT2D eigenvalue weighted by Gasteiger charge is 2.30. The maximum atomic E-state index is 12.7. The van der Waals surface area contributed by atoms with Crippen LogP contribution in [0, 0.1) is 12.8 Å². The third-order valence-corrected chi connectivity index (χ3v) is 6.22. The molecule has 0 saturated carbocycles. The summed E-state index contributed by atoms with van der Waals surface area (Å²) < 4.78 is 38.7. The number of benzene rings is 1. The van der Waals surface area contributed by atoms with Gasteiger partial charge in [-0.25, -0.2) is 13.1 Å². The molecule has 0 fully saturated rings. The van der Waals surface area contributed by atoms with E-state index < -0.39 is 10.0 Å². The number of ether oxygens (including phenoxy) is 1. The second-order valence-electron chi connectivity index (χ2n) is 7.39. The summed E-state index contributed by atoms with van der Waals surface area (Å²) in [5, 5.41) is 3.89. The molecule has 29 heavy (non-hydrogen) atoms. The molecule has 1 aromatic carbocycles. The van der Waals surface area contributed by atoms with Crippen LogP contribution in [-0.4, -0.2) is 37.6 Å². The normalized spacial score (nSPS) is 14.2. The number of aryl methyl sites for hydroxylation is 2. The fourth-order valence-electron chi connectivity index (χ4n) is 2.99. The zero-order valence-electron chi connectivity index (χ0n) is 17.1. The lowest BCUT2D eigenvalue weighted by molar-refractivity contribution is -0.121. The van der Waals surface area contributed by atoms with Crippen molar-refractivity contribution in [2.24, 2.45) is 5.92 Å². The number of fused-ring (bicyclic) bond motifs is 1. The van der Waals surface area contributed by atoms with Crippen molar-refractivity contribution in [1.29, 1.82) is 0 Å². The molecule has 1 aromatic heterocycles. The second-order valence-corrected chi connectivity index (χ2v) is 9.13. The van der Waals surface area contributed by atoms with E-state index in [4.69, 9.17) is 9.26 Å². The van der Waals surface area contributed by atoms with Gasteiger partial charge in [-0.15, -0.1) is 0 Å². The van der Waals surface area contributed by atoms with E-state index in [1.165, 1.54) is 11.0 Å². The molecule has 0 bridgehead atoms. The smallest absolute Gasteiger partial charge is 0.265 e. The van der Waals surface area contributed by atoms with Crippen molar-refractivity contribution in [2.75, 3.05) is 18.1 Å². The van der Waals surface area contributed by atoms with Gasteiger partial charge in [0.25, 0.3) is 5.91 Å². The molecule has 0 atom stereocenters. The van der Waals surface area contributed by atoms with Gasteiger partial charge in [0.05, 0.1) is 17.1 Å². The summed E-state index contributed by atoms with van der Waals surface area (Å²) >= 11 is 0. The first-order chi connectivity index (χ1) is 13.7. The molecule has 0 aliphatic carbocycles. The highest BCUT2D eigenvalue weighted by Crippen LogP contribution is 2.37. The molecule has 2 aromatic rings. The number of carbonyl (C=O) groups excluding carboxylic acids is 1. The Bertz CT molecular complexity index is 1000. The number of aromatic nitrogens is 2. The van der Waals surface area contributed by atoms with Gasteiger partial charge in [-0.3, -0.25) is 9.69 Å². The zero-order valence-corrected chi connectivity index (χ0v) is 17.9. The van der Waals surface area contributed by atoms with Crippen LogP contribution < -0.4 is 14.4 Å². The Morgan fingerprint density at radius 1 is 1.31 bits per heavy atom. The van der Waals surface area contributed by atoms with Gasteiger partial charge in [0.1, 0.15) is 5.75 Å². The Kier molecular flexibility index (Phi) is 6.23. The van der Waals surface area contributed by atoms with Gasteiger partial charge in [-0.05, 0) is 30.9 Å². The van der Waals surface area contributed by atoms with Gasteiger partial charge < -0.3 is 9.26 Å². The molecule has 0 saturated heterocycles. The van der Waals surface area contributed by atoms with Crippen LogP contribution in [0.3, 0.4) is 0 Å². The summed E-state index contributed by atoms with van der Waals surface area (Å²) in [6.45, 7) is 7.95. The van der Waals surface area contributed by atoms with Crippen molar-refractivity contribution in [2.45, 2.75) is 52.0 Å². The number of amides is 1. The van der Waals surface area contributed by atoms with E-state index in [2.05, 4.69) is 14.9 Å². The third kappa shape index (κ3) is 4.76. The summed E-state index contributed by atoms with van der Waals surface area (Å²) in [6.07, 6.45) is 1.34. The Balaban J connectivity index is 1.88. The van der Waals surface area contributed by atoms with Crippen molar-refractivity contribution in [1.82, 2.24) is 14.9 Å². The first-order valence-corrected chi connectivity index (χ1v) is 11.1. The first-order valence-electron chi connectivity index (χ1n) is 9.60. The van der Waals surface area contributed by atoms with Crippen LogP contribution >= 0.6 is 0 Å². The van der Waals surface area contributed by atoms with Crippen LogP contribution in [0.2, 0.25) is 0 Å². The predicted molar refractivity (Wildman–Crippen MR) is 106 cm³/mol. The Morgan fingerprint density at radius 2 is 2.07 bits per heavy atom. The van der Waals surface area contributed by atoms with Crippen LogP contribution in [0.4, 0.5) is 5.69 Å². The fraction of sp³-hybridized carbons (Fsp3) is 0.526. The Labute approximate surface area is 170 Å². The van der Waals surface area contributed by atoms with Crippen molar-refractivity contribution in [3.63, 3.8) is 0 Å². The molecule has 0 unspecified atom stereocenters. The molecule has 3 rings (SSSR count). The van der Waals surface area contributed by atoms with Gasteiger partial charge in [0.2, 0.25) is 15.9 Å². The van der Waals surface area contributed by atoms with Crippen molar-refractivity contribution in [3.05, 3.63) is 29.4 Å². The minimum atomic E-state index is -3.68. The van der Waals surface area contributed by atoms with Crippen LogP contribution in [0.1, 0.15) is 44.5 Å². The second kappa shape index (κ2) is 8.50. The molecule has 1 aliphatic rings. The predicted octanol–water partition coefficient (Wildman–Crippen LogP) is 2.19. The number of hydrogen-bond donors (Lipinski definition) is 1. The maximum Gasteiger partial charge on any atom is 0.265 e. The van der Waals surface area contributed by atoms with Gasteiger partial charge in [-0.2, -0.15) is 4.98 Å². The molecule has 9 nitrogen and oxygen atoms in total. The Morgan fingerprint density at radius 3 is 2.72 bits per heavy atom. The zero-order chi connectivity index (χ0) is 21.2. The van der Waals surface area contributed by atoms with Gasteiger partial charge in [0.15, 0.2) is 12.4 Å². The average Bonchev–Trinajstić information content (AvgIpc) is 3.11. The number of nitrogens with zero attached hydrogens (tertiary/aromatic N) is 3. The number of hydrogen-bond acceptors (Lipinski definition) is 7. The molecular weight excluding hydrogens is 396 g/mol. The van der Waals surface area contributed by atoms with E-state index in [1.807, 2.05) is 20.8 Å². The van der Waals surface area contributed by atoms with Crippen molar-refractivity contribution >= 4 is 21.6 Å². The monoisotopic (exact) mass is 422 g/mol. The quantitative estimate of drug-likeness (QED) is 0.693. The highest BCUT2D eigenvalue weighted by molar-refractivity contribution is 7.89. The summed E-state index contributed by atoms with van der Waals surface area (Å²) in [4.78, 5) is 18.3. The summed E-state index contributed by atoms with van der Waals surface area (Å²) in [6, 6.07) is 3.11. The van der Waals surface area contributed by atoms with Gasteiger partial charge >= 0.3 is 0 Å². The third-order valence-electron chi connectivity index (χ3n) is 4.61. The summed E-state index contributed by atoms with van der Waals surface area (Å²) in [5.74, 6) is 1.34. The maximum absolute atomic E-state index is 12.7. The number of carbonyl (C=O) groups is 1. The minimum Gasteiger partial charge on any atom is -0.482 e. The fourth-order valence-corrected chi connectivity index (χ4v) is 4.28. The molecular formula is C19H26N4O5S. The van der Waals surface area contributed by atoms with Crippen molar-refractivity contribution in [3.8, 4) is 5.75 Å². The van der Waals surface area contributed by atoms with Crippen LogP contribution in [0.5, 0.6) is 5.75 Å². The summed E-state index contributed by atoms with van der Waals surface area (Å²) in [5.41, 5.74) is 1.01. The molecule has 158 valence electrons. The van der Waals surface area contributed by atoms with Crippen LogP contribution in [-0.2, 0) is 27.8 Å². The van der Waals surface area contributed by atoms with Gasteiger partial charge in [0, 0.05) is 19.0 Å². The van der Waals surface area contributed by atoms with E-state index >= 15 is 0 Å². The standard InChI is InChI=1S/C19H26N4O5S/c1-5-18-21-17(22-28-18)10-23-14-8-13(4)16(9-15(14)27-11-19(23)24)29(25,26)20-7-6-12(2)3/h8-9,12,20H,5-7,10-11H2,1-4H3. The van der Waals surface area contributed by atoms with Gasteiger partial charge in [-0.1, -0.05) is 25.9 Å². The van der Waals surface area contributed by atoms with E-state index in [9.17, 15) is 13.2 Å². The first kappa shape index (κ1) is 21.3. The van der Waals surface area contributed by atoms with E-state index in [-0.39, 0.29) is 24.0 Å². The molecule has 1 amide bonds. The highest BCUT2D eigenvalue weighted by atomic mass is 32.2. The molecule has 0 spiro atoms. The van der Waals surface area contributed by atoms with Crippen LogP contribution in [0.25, 0.3) is 0 Å². The van der Waals surface area contributed by atoms with E-state index in [1.54, 1.807) is 13.0 Å². The number of sulfonamides is 1. The largest absolute Gasteiger partial charge is 0.482 e. The molecule has 2 heterocycles. The number of anilines is 1. The number of rotatable bonds is 8. The average molecular weight is 423 g/mol. The van der Waals surface area contributed by atoms with Crippen molar-refractivity contribution < 1.29 is 22.5 Å². The van der Waals surface area contributed by atoms with Crippen LogP contribution in [0.15, 0.2) is 21.6 Å². The topological polar surface area (TPSA) is 115 Å². The summed E-state index contributed by atoms with van der Waals surface area (Å²) in [7, 11) is -3.68. The minimum absolute atomic E-state index is 0.122. The Hall–Kier alpha value is -2.46. The lowest BCUT2D eigenvalue weighted by Crippen LogP contribution is -2.39. The molecule has 0 radical (unpaired) electrons. The van der Waals surface area contributed by atoms with E-state index in [0.717, 1.165) is 6.42 Å².